The van der Waals surface area contributed by atoms with Crippen molar-refractivity contribution in [3.63, 3.8) is 0 Å². The molecule has 1 fully saturated rings. The van der Waals surface area contributed by atoms with Crippen molar-refractivity contribution in [1.82, 2.24) is 4.98 Å². The summed E-state index contributed by atoms with van der Waals surface area (Å²) in [6, 6.07) is 1.03. The lowest BCUT2D eigenvalue weighted by Gasteiger charge is -2.33. The molecule has 0 N–H and O–H groups in total. The van der Waals surface area contributed by atoms with Crippen LogP contribution in [-0.4, -0.2) is 24.7 Å². The van der Waals surface area contributed by atoms with Gasteiger partial charge in [0.05, 0.1) is 12.2 Å². The third-order valence-corrected chi connectivity index (χ3v) is 3.70. The van der Waals surface area contributed by atoms with Crippen LogP contribution in [0.4, 0.5) is 23.4 Å². The zero-order chi connectivity index (χ0) is 14.0. The van der Waals surface area contributed by atoms with E-state index in [9.17, 15) is 17.6 Å². The van der Waals surface area contributed by atoms with Crippen LogP contribution in [-0.2, 0) is 6.18 Å². The van der Waals surface area contributed by atoms with Crippen molar-refractivity contribution in [2.24, 2.45) is 5.92 Å². The minimum Gasteiger partial charge on any atom is -0.356 e. The molecule has 0 amide bonds. The molecule has 0 unspecified atom stereocenters. The summed E-state index contributed by atoms with van der Waals surface area (Å²) in [5, 5.41) is 0. The molecule has 2 nitrogen and oxygen atoms in total. The fraction of sp³-hybridized carbons (Fsp3) is 0.583. The summed E-state index contributed by atoms with van der Waals surface area (Å²) in [7, 11) is 0. The van der Waals surface area contributed by atoms with Crippen molar-refractivity contribution in [1.29, 1.82) is 0 Å². The second kappa shape index (κ2) is 5.64. The summed E-state index contributed by atoms with van der Waals surface area (Å²) < 4.78 is 51.7. The molecule has 0 atom stereocenters. The first-order chi connectivity index (χ1) is 8.91. The Balaban J connectivity index is 2.25. The van der Waals surface area contributed by atoms with E-state index in [2.05, 4.69) is 20.9 Å². The SMILES string of the molecule is FCC1CCN(c2ncc(Br)cc2C(F)(F)F)CC1. The molecule has 0 saturated carbocycles. The molecule has 0 spiro atoms. The fourth-order valence-electron chi connectivity index (χ4n) is 2.19. The highest BCUT2D eigenvalue weighted by atomic mass is 79.9. The van der Waals surface area contributed by atoms with Crippen LogP contribution in [0.15, 0.2) is 16.7 Å². The number of anilines is 1. The molecular weight excluding hydrogens is 328 g/mol. The number of nitrogens with zero attached hydrogens (tertiary/aromatic N) is 2. The van der Waals surface area contributed by atoms with E-state index in [1.165, 1.54) is 6.20 Å². The van der Waals surface area contributed by atoms with Gasteiger partial charge >= 0.3 is 6.18 Å². The molecule has 0 bridgehead atoms. The molecule has 0 radical (unpaired) electrons. The highest BCUT2D eigenvalue weighted by Gasteiger charge is 2.36. The summed E-state index contributed by atoms with van der Waals surface area (Å²) in [4.78, 5) is 5.47. The molecule has 2 heterocycles. The van der Waals surface area contributed by atoms with Crippen molar-refractivity contribution in [3.05, 3.63) is 22.3 Å². The van der Waals surface area contributed by atoms with E-state index in [1.54, 1.807) is 4.90 Å². The molecule has 19 heavy (non-hydrogen) atoms. The normalized spacial score (nSPS) is 17.8. The van der Waals surface area contributed by atoms with Crippen molar-refractivity contribution < 1.29 is 17.6 Å². The molecule has 1 saturated heterocycles. The van der Waals surface area contributed by atoms with E-state index >= 15 is 0 Å². The molecule has 0 aromatic carbocycles. The van der Waals surface area contributed by atoms with Gasteiger partial charge in [0.15, 0.2) is 0 Å². The van der Waals surface area contributed by atoms with Gasteiger partial charge in [-0.2, -0.15) is 13.2 Å². The Labute approximate surface area is 116 Å². The van der Waals surface area contributed by atoms with E-state index < -0.39 is 18.4 Å². The Morgan fingerprint density at radius 2 is 1.95 bits per heavy atom. The number of rotatable bonds is 2. The Kier molecular flexibility index (Phi) is 4.32. The molecule has 1 aliphatic rings. The number of pyridine rings is 1. The van der Waals surface area contributed by atoms with E-state index in [-0.39, 0.29) is 11.7 Å². The molecule has 1 aliphatic heterocycles. The first kappa shape index (κ1) is 14.6. The Hall–Kier alpha value is -0.850. The van der Waals surface area contributed by atoms with E-state index in [4.69, 9.17) is 0 Å². The zero-order valence-corrected chi connectivity index (χ0v) is 11.6. The molecule has 7 heteroatoms. The third kappa shape index (κ3) is 3.38. The van der Waals surface area contributed by atoms with Crippen LogP contribution in [0.3, 0.4) is 0 Å². The lowest BCUT2D eigenvalue weighted by molar-refractivity contribution is -0.137. The topological polar surface area (TPSA) is 16.1 Å². The minimum atomic E-state index is -4.44. The van der Waals surface area contributed by atoms with Gasteiger partial charge in [0.1, 0.15) is 5.82 Å². The third-order valence-electron chi connectivity index (χ3n) is 3.27. The Bertz CT molecular complexity index is 442. The van der Waals surface area contributed by atoms with Gasteiger partial charge in [-0.05, 0) is 40.8 Å². The summed E-state index contributed by atoms with van der Waals surface area (Å²) in [5.74, 6) is -0.103. The van der Waals surface area contributed by atoms with Crippen LogP contribution in [0.25, 0.3) is 0 Å². The maximum atomic E-state index is 13.0. The fourth-order valence-corrected chi connectivity index (χ4v) is 2.52. The maximum absolute atomic E-state index is 13.0. The second-order valence-electron chi connectivity index (χ2n) is 4.61. The van der Waals surface area contributed by atoms with Crippen LogP contribution in [0.2, 0.25) is 0 Å². The van der Waals surface area contributed by atoms with Crippen LogP contribution in [0.5, 0.6) is 0 Å². The van der Waals surface area contributed by atoms with Crippen LogP contribution < -0.4 is 4.90 Å². The summed E-state index contributed by atoms with van der Waals surface area (Å²) in [6.07, 6.45) is -1.97. The Morgan fingerprint density at radius 1 is 1.32 bits per heavy atom. The number of piperidine rings is 1. The largest absolute Gasteiger partial charge is 0.419 e. The van der Waals surface area contributed by atoms with Crippen molar-refractivity contribution in [2.45, 2.75) is 19.0 Å². The lowest BCUT2D eigenvalue weighted by atomic mass is 9.98. The molecule has 106 valence electrons. The van der Waals surface area contributed by atoms with Crippen LogP contribution >= 0.6 is 15.9 Å². The van der Waals surface area contributed by atoms with Gasteiger partial charge in [0, 0.05) is 23.8 Å². The number of hydrogen-bond acceptors (Lipinski definition) is 2. The molecule has 1 aromatic rings. The second-order valence-corrected chi connectivity index (χ2v) is 5.52. The quantitative estimate of drug-likeness (QED) is 0.755. The molecular formula is C12H13BrF4N2. The molecule has 1 aromatic heterocycles. The van der Waals surface area contributed by atoms with Gasteiger partial charge in [-0.3, -0.25) is 4.39 Å². The van der Waals surface area contributed by atoms with Gasteiger partial charge in [-0.25, -0.2) is 4.98 Å². The molecule has 0 aliphatic carbocycles. The number of aromatic nitrogens is 1. The lowest BCUT2D eigenvalue weighted by Crippen LogP contribution is -2.36. The first-order valence-electron chi connectivity index (χ1n) is 5.95. The summed E-state index contributed by atoms with van der Waals surface area (Å²) in [5.41, 5.74) is -0.749. The number of hydrogen-bond donors (Lipinski definition) is 0. The zero-order valence-electron chi connectivity index (χ0n) is 10.1. The average molecular weight is 341 g/mol. The molecule has 2 rings (SSSR count). The van der Waals surface area contributed by atoms with Gasteiger partial charge in [-0.1, -0.05) is 0 Å². The predicted molar refractivity (Wildman–Crippen MR) is 67.9 cm³/mol. The average Bonchev–Trinajstić information content (AvgIpc) is 2.38. The van der Waals surface area contributed by atoms with Gasteiger partial charge in [0.2, 0.25) is 0 Å². The highest BCUT2D eigenvalue weighted by Crippen LogP contribution is 2.37. The van der Waals surface area contributed by atoms with E-state index in [1.807, 2.05) is 0 Å². The van der Waals surface area contributed by atoms with Gasteiger partial charge in [-0.15, -0.1) is 0 Å². The smallest absolute Gasteiger partial charge is 0.356 e. The summed E-state index contributed by atoms with van der Waals surface area (Å²) >= 11 is 3.00. The minimum absolute atomic E-state index is 0.0407. The number of alkyl halides is 4. The van der Waals surface area contributed by atoms with Crippen molar-refractivity contribution in [3.8, 4) is 0 Å². The predicted octanol–water partition coefficient (Wildman–Crippen LogP) is 4.05. The van der Waals surface area contributed by atoms with Crippen molar-refractivity contribution >= 4 is 21.7 Å². The monoisotopic (exact) mass is 340 g/mol. The Morgan fingerprint density at radius 3 is 2.47 bits per heavy atom. The first-order valence-corrected chi connectivity index (χ1v) is 6.74. The van der Waals surface area contributed by atoms with E-state index in [0.717, 1.165) is 6.07 Å². The van der Waals surface area contributed by atoms with Gasteiger partial charge < -0.3 is 4.90 Å². The highest BCUT2D eigenvalue weighted by molar-refractivity contribution is 9.10. The standard InChI is InChI=1S/C12H13BrF4N2/c13-9-5-10(12(15,16)17)11(18-7-9)19-3-1-8(6-14)2-4-19/h5,7-8H,1-4,6H2. The van der Waals surface area contributed by atoms with Crippen molar-refractivity contribution in [2.75, 3.05) is 24.7 Å². The van der Waals surface area contributed by atoms with Gasteiger partial charge in [0.25, 0.3) is 0 Å². The number of halogens is 5. The maximum Gasteiger partial charge on any atom is 0.419 e. The van der Waals surface area contributed by atoms with Crippen LogP contribution in [0.1, 0.15) is 18.4 Å². The summed E-state index contributed by atoms with van der Waals surface area (Å²) in [6.45, 7) is 0.409. The van der Waals surface area contributed by atoms with Crippen LogP contribution in [0, 0.1) is 5.92 Å². The van der Waals surface area contributed by atoms with E-state index in [0.29, 0.717) is 30.4 Å².